The predicted molar refractivity (Wildman–Crippen MR) is 149 cm³/mol. The molecule has 2 aromatic carbocycles. The maximum atomic E-state index is 12.7. The topological polar surface area (TPSA) is 136 Å². The van der Waals surface area contributed by atoms with Gasteiger partial charge in [-0.2, -0.15) is 0 Å². The highest BCUT2D eigenvalue weighted by Crippen LogP contribution is 2.20. The minimum atomic E-state index is -0.124. The van der Waals surface area contributed by atoms with Crippen LogP contribution >= 0.6 is 0 Å². The molecule has 9 heteroatoms. The van der Waals surface area contributed by atoms with Crippen molar-refractivity contribution in [3.05, 3.63) is 77.6 Å². The zero-order valence-electron chi connectivity index (χ0n) is 21.3. The highest BCUT2D eigenvalue weighted by molar-refractivity contribution is 6.07. The Balaban J connectivity index is 1.29. The van der Waals surface area contributed by atoms with E-state index in [1.807, 2.05) is 48.5 Å². The second-order valence-electron chi connectivity index (χ2n) is 9.28. The van der Waals surface area contributed by atoms with Crippen LogP contribution in [0.25, 0.3) is 22.2 Å². The lowest BCUT2D eigenvalue weighted by molar-refractivity contribution is 0.0954. The Bertz CT molecular complexity index is 1360. The van der Waals surface area contributed by atoms with Gasteiger partial charge in [-0.05, 0) is 75.8 Å². The van der Waals surface area contributed by atoms with Crippen LogP contribution in [0.2, 0.25) is 0 Å². The summed E-state index contributed by atoms with van der Waals surface area (Å²) in [5.74, 6) is 0.518. The monoisotopic (exact) mass is 498 g/mol. The Morgan fingerprint density at radius 3 is 2.65 bits per heavy atom. The van der Waals surface area contributed by atoms with E-state index >= 15 is 0 Å². The normalized spacial score (nSPS) is 11.1. The summed E-state index contributed by atoms with van der Waals surface area (Å²) in [6.07, 6.45) is 6.33. The number of hydrogen-bond acceptors (Lipinski definition) is 6. The number of amidine groups is 1. The number of rotatable bonds is 12. The summed E-state index contributed by atoms with van der Waals surface area (Å²) in [6, 6.07) is 15.3. The third-order valence-electron chi connectivity index (χ3n) is 6.15. The molecule has 0 aliphatic heterocycles. The Hall–Kier alpha value is -4.24. The number of anilines is 1. The minimum absolute atomic E-state index is 0.0326. The molecule has 0 saturated carbocycles. The molecule has 0 aliphatic rings. The van der Waals surface area contributed by atoms with Gasteiger partial charge in [0, 0.05) is 53.1 Å². The third-order valence-corrected chi connectivity index (χ3v) is 6.15. The van der Waals surface area contributed by atoms with Gasteiger partial charge in [0.05, 0.1) is 5.69 Å². The van der Waals surface area contributed by atoms with Gasteiger partial charge in [0.25, 0.3) is 5.91 Å². The highest BCUT2D eigenvalue weighted by Gasteiger charge is 2.09. The molecule has 37 heavy (non-hydrogen) atoms. The number of H-pyrrole nitrogens is 1. The van der Waals surface area contributed by atoms with E-state index < -0.39 is 0 Å². The van der Waals surface area contributed by atoms with Crippen LogP contribution in [-0.4, -0.2) is 65.3 Å². The average molecular weight is 499 g/mol. The summed E-state index contributed by atoms with van der Waals surface area (Å²) in [7, 11) is 4.15. The summed E-state index contributed by atoms with van der Waals surface area (Å²) in [6.45, 7) is 2.39. The van der Waals surface area contributed by atoms with Crippen LogP contribution in [-0.2, 0) is 6.42 Å². The Morgan fingerprint density at radius 2 is 1.89 bits per heavy atom. The molecule has 4 rings (SSSR count). The minimum Gasteiger partial charge on any atom is -0.384 e. The summed E-state index contributed by atoms with van der Waals surface area (Å²) in [4.78, 5) is 26.9. The number of fused-ring (bicyclic) bond motifs is 1. The molecule has 0 aliphatic carbocycles. The van der Waals surface area contributed by atoms with Gasteiger partial charge >= 0.3 is 0 Å². The van der Waals surface area contributed by atoms with Crippen molar-refractivity contribution in [1.82, 2.24) is 25.2 Å². The lowest BCUT2D eigenvalue weighted by atomic mass is 10.1. The number of benzene rings is 2. The van der Waals surface area contributed by atoms with E-state index in [0.29, 0.717) is 30.0 Å². The van der Waals surface area contributed by atoms with Crippen molar-refractivity contribution in [2.45, 2.75) is 19.3 Å². The van der Waals surface area contributed by atoms with Crippen LogP contribution in [0.4, 0.5) is 5.95 Å². The molecule has 0 radical (unpaired) electrons. The first-order chi connectivity index (χ1) is 17.9. The molecule has 0 bridgehead atoms. The van der Waals surface area contributed by atoms with E-state index in [1.54, 1.807) is 12.4 Å². The number of nitrogens with zero attached hydrogens (tertiary/aromatic N) is 3. The predicted octanol–water partition coefficient (Wildman–Crippen LogP) is 3.64. The van der Waals surface area contributed by atoms with Crippen LogP contribution < -0.4 is 16.4 Å². The van der Waals surface area contributed by atoms with Gasteiger partial charge in [-0.25, -0.2) is 9.97 Å². The maximum absolute atomic E-state index is 12.7. The van der Waals surface area contributed by atoms with Crippen LogP contribution in [0.1, 0.15) is 34.3 Å². The van der Waals surface area contributed by atoms with Crippen LogP contribution in [0.5, 0.6) is 0 Å². The molecular formula is C28H34N8O. The van der Waals surface area contributed by atoms with Crippen molar-refractivity contribution >= 4 is 28.6 Å². The van der Waals surface area contributed by atoms with E-state index in [-0.39, 0.29) is 11.7 Å². The second kappa shape index (κ2) is 12.1. The molecular weight excluding hydrogens is 464 g/mol. The molecule has 1 amide bonds. The molecule has 2 aromatic heterocycles. The second-order valence-corrected chi connectivity index (χ2v) is 9.28. The van der Waals surface area contributed by atoms with Gasteiger partial charge in [-0.15, -0.1) is 0 Å². The quantitative estimate of drug-likeness (QED) is 0.115. The molecule has 4 aromatic rings. The standard InChI is InChI=1S/C28H34N8O/c1-36(2)16-4-3-13-32-28-33-15-12-24(35-28)20-6-8-21(9-7-20)27(37)31-14-11-19-5-10-25-22(17-19)23(18-34-25)26(29)30/h5-10,12,15,17-18,34H,3-4,11,13-14,16H2,1-2H3,(H3,29,30)(H,31,37)(H,32,33,35). The number of amides is 1. The Kier molecular flexibility index (Phi) is 8.48. The van der Waals surface area contributed by atoms with Gasteiger partial charge in [0.1, 0.15) is 5.84 Å². The number of unbranched alkanes of at least 4 members (excludes halogenated alkanes) is 1. The van der Waals surface area contributed by atoms with Gasteiger partial charge in [-0.3, -0.25) is 10.2 Å². The van der Waals surface area contributed by atoms with Crippen LogP contribution in [0.15, 0.2) is 60.9 Å². The summed E-state index contributed by atoms with van der Waals surface area (Å²) in [5.41, 5.74) is 10.7. The van der Waals surface area contributed by atoms with E-state index in [4.69, 9.17) is 11.1 Å². The third kappa shape index (κ3) is 6.92. The smallest absolute Gasteiger partial charge is 0.251 e. The first-order valence-electron chi connectivity index (χ1n) is 12.5. The first kappa shape index (κ1) is 25.8. The molecule has 0 fully saturated rings. The molecule has 2 heterocycles. The summed E-state index contributed by atoms with van der Waals surface area (Å²) < 4.78 is 0. The van der Waals surface area contributed by atoms with E-state index in [0.717, 1.165) is 53.7 Å². The average Bonchev–Trinajstić information content (AvgIpc) is 3.32. The van der Waals surface area contributed by atoms with Gasteiger partial charge in [-0.1, -0.05) is 18.2 Å². The van der Waals surface area contributed by atoms with Crippen molar-refractivity contribution in [2.24, 2.45) is 5.73 Å². The van der Waals surface area contributed by atoms with Gasteiger partial charge < -0.3 is 26.3 Å². The van der Waals surface area contributed by atoms with Crippen molar-refractivity contribution < 1.29 is 4.79 Å². The maximum Gasteiger partial charge on any atom is 0.251 e. The van der Waals surface area contributed by atoms with E-state index in [1.165, 1.54) is 0 Å². The van der Waals surface area contributed by atoms with Crippen molar-refractivity contribution in [3.8, 4) is 11.3 Å². The molecule has 0 atom stereocenters. The number of carbonyl (C=O) groups excluding carboxylic acids is 1. The number of nitrogens with two attached hydrogens (primary N) is 1. The number of nitrogens with one attached hydrogen (secondary N) is 4. The number of aromatic amines is 1. The Labute approximate surface area is 217 Å². The molecule has 0 spiro atoms. The SMILES string of the molecule is CN(C)CCCCNc1nccc(-c2ccc(C(=O)NCCc3ccc4[nH]cc(C(=N)N)c4c3)cc2)n1. The van der Waals surface area contributed by atoms with Crippen molar-refractivity contribution in [2.75, 3.05) is 39.0 Å². The molecule has 6 N–H and O–H groups in total. The highest BCUT2D eigenvalue weighted by atomic mass is 16.1. The van der Waals surface area contributed by atoms with Crippen molar-refractivity contribution in [3.63, 3.8) is 0 Å². The van der Waals surface area contributed by atoms with Gasteiger partial charge in [0.2, 0.25) is 5.95 Å². The molecule has 9 nitrogen and oxygen atoms in total. The number of aromatic nitrogens is 3. The lowest BCUT2D eigenvalue weighted by Crippen LogP contribution is -2.25. The van der Waals surface area contributed by atoms with E-state index in [9.17, 15) is 4.79 Å². The number of hydrogen-bond donors (Lipinski definition) is 5. The van der Waals surface area contributed by atoms with Gasteiger partial charge in [0.15, 0.2) is 0 Å². The first-order valence-corrected chi connectivity index (χ1v) is 12.5. The fourth-order valence-corrected chi connectivity index (χ4v) is 4.12. The zero-order valence-corrected chi connectivity index (χ0v) is 21.3. The Morgan fingerprint density at radius 1 is 1.08 bits per heavy atom. The summed E-state index contributed by atoms with van der Waals surface area (Å²) in [5, 5.41) is 14.9. The summed E-state index contributed by atoms with van der Waals surface area (Å²) >= 11 is 0. The lowest BCUT2D eigenvalue weighted by Gasteiger charge is -2.10. The van der Waals surface area contributed by atoms with Crippen molar-refractivity contribution in [1.29, 1.82) is 5.41 Å². The largest absolute Gasteiger partial charge is 0.384 e. The zero-order chi connectivity index (χ0) is 26.2. The fraction of sp³-hybridized carbons (Fsp3) is 0.286. The molecule has 0 unspecified atom stereocenters. The number of nitrogen functional groups attached to an aromatic ring is 1. The van der Waals surface area contributed by atoms with E-state index in [2.05, 4.69) is 44.6 Å². The molecule has 192 valence electrons. The van der Waals surface area contributed by atoms with Crippen LogP contribution in [0.3, 0.4) is 0 Å². The fourth-order valence-electron chi connectivity index (χ4n) is 4.12. The van der Waals surface area contributed by atoms with Crippen LogP contribution in [0, 0.1) is 5.41 Å². The molecule has 0 saturated heterocycles. The number of carbonyl (C=O) groups is 1.